The van der Waals surface area contributed by atoms with E-state index < -0.39 is 10.0 Å². The maximum atomic E-state index is 12.6. The molecule has 28 heavy (non-hydrogen) atoms. The van der Waals surface area contributed by atoms with E-state index in [1.807, 2.05) is 32.9 Å². The molecule has 1 aliphatic rings. The molecule has 3 rings (SSSR count). The van der Waals surface area contributed by atoms with Gasteiger partial charge in [0.25, 0.3) is 5.91 Å². The standard InChI is InChI=1S/C18H25N3O5S2/c1-11-5-6-15(26-11)18-20-14(4)16(27-18)17(22)19-7-8-28(23,24)21-9-12(2)25-13(3)10-21/h5-6,12-13H,7-10H2,1-4H3,(H,19,22). The van der Waals surface area contributed by atoms with Gasteiger partial charge in [-0.1, -0.05) is 0 Å². The third-order valence-electron chi connectivity index (χ3n) is 4.38. The van der Waals surface area contributed by atoms with Crippen LogP contribution in [0, 0.1) is 13.8 Å². The van der Waals surface area contributed by atoms with E-state index in [4.69, 9.17) is 9.15 Å². The van der Waals surface area contributed by atoms with Crippen molar-refractivity contribution in [3.63, 3.8) is 0 Å². The number of aryl methyl sites for hydroxylation is 2. The summed E-state index contributed by atoms with van der Waals surface area (Å²) in [4.78, 5) is 17.3. The van der Waals surface area contributed by atoms with E-state index in [9.17, 15) is 13.2 Å². The van der Waals surface area contributed by atoms with Crippen LogP contribution in [0.3, 0.4) is 0 Å². The van der Waals surface area contributed by atoms with Gasteiger partial charge in [-0.05, 0) is 39.8 Å². The molecule has 154 valence electrons. The smallest absolute Gasteiger partial charge is 0.263 e. The Kier molecular flexibility index (Phi) is 6.23. The third-order valence-corrected chi connectivity index (χ3v) is 7.35. The maximum Gasteiger partial charge on any atom is 0.263 e. The first-order valence-corrected chi connectivity index (χ1v) is 11.5. The molecule has 2 aromatic rings. The van der Waals surface area contributed by atoms with Gasteiger partial charge in [0.15, 0.2) is 10.8 Å². The number of amides is 1. The van der Waals surface area contributed by atoms with E-state index in [1.165, 1.54) is 15.6 Å². The molecule has 2 unspecified atom stereocenters. The third kappa shape index (κ3) is 4.80. The van der Waals surface area contributed by atoms with Crippen molar-refractivity contribution < 1.29 is 22.4 Å². The Morgan fingerprint density at radius 3 is 2.57 bits per heavy atom. The van der Waals surface area contributed by atoms with Gasteiger partial charge < -0.3 is 14.5 Å². The summed E-state index contributed by atoms with van der Waals surface area (Å²) in [5.74, 6) is 0.900. The van der Waals surface area contributed by atoms with Gasteiger partial charge >= 0.3 is 0 Å². The number of carbonyl (C=O) groups is 1. The van der Waals surface area contributed by atoms with E-state index >= 15 is 0 Å². The summed E-state index contributed by atoms with van der Waals surface area (Å²) in [6.07, 6.45) is -0.284. The minimum absolute atomic E-state index is 0.0355. The van der Waals surface area contributed by atoms with Crippen LogP contribution >= 0.6 is 11.3 Å². The van der Waals surface area contributed by atoms with Gasteiger partial charge in [0.2, 0.25) is 10.0 Å². The molecule has 0 aliphatic carbocycles. The first-order chi connectivity index (χ1) is 13.2. The van der Waals surface area contributed by atoms with Crippen molar-refractivity contribution in [3.05, 3.63) is 28.5 Å². The second kappa shape index (κ2) is 8.32. The molecule has 8 nitrogen and oxygen atoms in total. The number of carbonyl (C=O) groups excluding carboxylic acids is 1. The van der Waals surface area contributed by atoms with Crippen LogP contribution in [0.4, 0.5) is 0 Å². The van der Waals surface area contributed by atoms with Crippen molar-refractivity contribution in [2.24, 2.45) is 0 Å². The van der Waals surface area contributed by atoms with Gasteiger partial charge in [-0.2, -0.15) is 4.31 Å². The number of thiazole rings is 1. The van der Waals surface area contributed by atoms with Crippen LogP contribution < -0.4 is 5.32 Å². The highest BCUT2D eigenvalue weighted by Crippen LogP contribution is 2.29. The maximum absolute atomic E-state index is 12.6. The van der Waals surface area contributed by atoms with Gasteiger partial charge in [0.05, 0.1) is 23.7 Å². The number of ether oxygens (including phenoxy) is 1. The predicted octanol–water partition coefficient (Wildman–Crippen LogP) is 2.19. The lowest BCUT2D eigenvalue weighted by Gasteiger charge is -2.34. The summed E-state index contributed by atoms with van der Waals surface area (Å²) in [6, 6.07) is 3.65. The number of hydrogen-bond donors (Lipinski definition) is 1. The summed E-state index contributed by atoms with van der Waals surface area (Å²) in [7, 11) is -3.46. The van der Waals surface area contributed by atoms with Crippen molar-refractivity contribution >= 4 is 27.3 Å². The first-order valence-electron chi connectivity index (χ1n) is 9.11. The fourth-order valence-corrected chi connectivity index (χ4v) is 5.56. The summed E-state index contributed by atoms with van der Waals surface area (Å²) in [6.45, 7) is 8.00. The molecule has 0 bridgehead atoms. The molecular weight excluding hydrogens is 402 g/mol. The van der Waals surface area contributed by atoms with Crippen molar-refractivity contribution in [1.29, 1.82) is 0 Å². The van der Waals surface area contributed by atoms with Gasteiger partial charge in [-0.25, -0.2) is 13.4 Å². The number of sulfonamides is 1. The molecule has 2 aromatic heterocycles. The van der Waals surface area contributed by atoms with Gasteiger partial charge in [0, 0.05) is 19.6 Å². The Labute approximate surface area is 168 Å². The Hall–Kier alpha value is -1.75. The van der Waals surface area contributed by atoms with Crippen LogP contribution in [0.25, 0.3) is 10.8 Å². The fraction of sp³-hybridized carbons (Fsp3) is 0.556. The van der Waals surface area contributed by atoms with Gasteiger partial charge in [-0.3, -0.25) is 4.79 Å². The molecule has 0 radical (unpaired) electrons. The molecule has 1 fully saturated rings. The van der Waals surface area contributed by atoms with Crippen molar-refractivity contribution in [2.45, 2.75) is 39.9 Å². The summed E-state index contributed by atoms with van der Waals surface area (Å²) < 4.78 is 37.7. The lowest BCUT2D eigenvalue weighted by atomic mass is 10.3. The minimum Gasteiger partial charge on any atom is -0.459 e. The van der Waals surface area contributed by atoms with Crippen LogP contribution in [0.1, 0.15) is 35.0 Å². The number of furan rings is 1. The number of nitrogens with zero attached hydrogens (tertiary/aromatic N) is 2. The van der Waals surface area contributed by atoms with Crippen LogP contribution in [-0.4, -0.2) is 61.2 Å². The van der Waals surface area contributed by atoms with Gasteiger partial charge in [-0.15, -0.1) is 11.3 Å². The Morgan fingerprint density at radius 2 is 1.96 bits per heavy atom. The molecule has 0 saturated carbocycles. The highest BCUT2D eigenvalue weighted by molar-refractivity contribution is 7.89. The highest BCUT2D eigenvalue weighted by Gasteiger charge is 2.30. The summed E-state index contributed by atoms with van der Waals surface area (Å²) in [5, 5.41) is 3.32. The zero-order valence-corrected chi connectivity index (χ0v) is 18.0. The SMILES string of the molecule is Cc1ccc(-c2nc(C)c(C(=O)NCCS(=O)(=O)N3CC(C)OC(C)C3)s2)o1. The normalized spacial score (nSPS) is 21.0. The Balaban J connectivity index is 1.59. The van der Waals surface area contributed by atoms with E-state index in [1.54, 1.807) is 6.92 Å². The number of aromatic nitrogens is 1. The summed E-state index contributed by atoms with van der Waals surface area (Å²) in [5.41, 5.74) is 0.588. The first kappa shape index (κ1) is 21.0. The minimum atomic E-state index is -3.46. The van der Waals surface area contributed by atoms with Gasteiger partial charge in [0.1, 0.15) is 10.6 Å². The van der Waals surface area contributed by atoms with Crippen LogP contribution in [0.15, 0.2) is 16.5 Å². The van der Waals surface area contributed by atoms with Crippen LogP contribution in [-0.2, 0) is 14.8 Å². The zero-order valence-electron chi connectivity index (χ0n) is 16.4. The molecule has 1 N–H and O–H groups in total. The molecule has 0 aromatic carbocycles. The van der Waals surface area contributed by atoms with Crippen molar-refractivity contribution in [1.82, 2.24) is 14.6 Å². The lowest BCUT2D eigenvalue weighted by Crippen LogP contribution is -2.49. The second-order valence-electron chi connectivity index (χ2n) is 6.99. The largest absolute Gasteiger partial charge is 0.459 e. The number of rotatable bonds is 6. The zero-order chi connectivity index (χ0) is 20.5. The topological polar surface area (TPSA) is 102 Å². The predicted molar refractivity (Wildman–Crippen MR) is 107 cm³/mol. The molecule has 1 saturated heterocycles. The van der Waals surface area contributed by atoms with Crippen molar-refractivity contribution in [2.75, 3.05) is 25.4 Å². The van der Waals surface area contributed by atoms with E-state index in [0.29, 0.717) is 34.4 Å². The average molecular weight is 428 g/mol. The van der Waals surface area contributed by atoms with Crippen molar-refractivity contribution in [3.8, 4) is 10.8 Å². The molecule has 2 atom stereocenters. The number of hydrogen-bond acceptors (Lipinski definition) is 7. The molecule has 10 heteroatoms. The van der Waals surface area contributed by atoms with E-state index in [2.05, 4.69) is 10.3 Å². The lowest BCUT2D eigenvalue weighted by molar-refractivity contribution is -0.0440. The second-order valence-corrected chi connectivity index (χ2v) is 10.1. The fourth-order valence-electron chi connectivity index (χ4n) is 3.12. The molecular formula is C18H25N3O5S2. The van der Waals surface area contributed by atoms with E-state index in [0.717, 1.165) is 5.76 Å². The Bertz CT molecular complexity index is 940. The van der Waals surface area contributed by atoms with Crippen LogP contribution in [0.5, 0.6) is 0 Å². The molecule has 3 heterocycles. The van der Waals surface area contributed by atoms with E-state index in [-0.39, 0.29) is 30.4 Å². The molecule has 1 aliphatic heterocycles. The number of morpholine rings is 1. The van der Waals surface area contributed by atoms with Crippen LogP contribution in [0.2, 0.25) is 0 Å². The summed E-state index contributed by atoms with van der Waals surface area (Å²) >= 11 is 1.23. The quantitative estimate of drug-likeness (QED) is 0.758. The monoisotopic (exact) mass is 427 g/mol. The number of nitrogens with one attached hydrogen (secondary N) is 1. The molecule has 0 spiro atoms. The average Bonchev–Trinajstić information content (AvgIpc) is 3.19. The molecule has 1 amide bonds. The highest BCUT2D eigenvalue weighted by atomic mass is 32.2. The Morgan fingerprint density at radius 1 is 1.29 bits per heavy atom.